The van der Waals surface area contributed by atoms with E-state index in [1.165, 1.54) is 24.2 Å². The van der Waals surface area contributed by atoms with Crippen LogP contribution >= 0.6 is 11.3 Å². The summed E-state index contributed by atoms with van der Waals surface area (Å²) in [5.41, 5.74) is 6.28. The van der Waals surface area contributed by atoms with Crippen molar-refractivity contribution >= 4 is 22.4 Å². The molecule has 0 unspecified atom stereocenters. The van der Waals surface area contributed by atoms with Crippen LogP contribution in [0.1, 0.15) is 28.2 Å². The normalized spacial score (nSPS) is 16.3. The fourth-order valence-electron chi connectivity index (χ4n) is 2.04. The molecule has 0 bridgehead atoms. The van der Waals surface area contributed by atoms with Crippen molar-refractivity contribution in [3.05, 3.63) is 10.6 Å². The molecule has 1 aliphatic heterocycles. The first-order valence-corrected chi connectivity index (χ1v) is 6.72. The van der Waals surface area contributed by atoms with Gasteiger partial charge in [0.25, 0.3) is 5.91 Å². The molecule has 1 aromatic rings. The molecule has 5 nitrogen and oxygen atoms in total. The molecule has 0 aromatic carbocycles. The lowest BCUT2D eigenvalue weighted by Crippen LogP contribution is -2.33. The van der Waals surface area contributed by atoms with Gasteiger partial charge in [0.1, 0.15) is 4.88 Å². The van der Waals surface area contributed by atoms with E-state index in [9.17, 15) is 4.79 Å². The first kappa shape index (κ1) is 12.3. The molecule has 3 N–H and O–H groups in total. The van der Waals surface area contributed by atoms with Gasteiger partial charge in [-0.1, -0.05) is 11.3 Å². The van der Waals surface area contributed by atoms with Crippen LogP contribution in [0, 0.1) is 6.92 Å². The molecule has 6 heteroatoms. The third-order valence-electron chi connectivity index (χ3n) is 2.93. The molecule has 1 amide bonds. The average Bonchev–Trinajstić information content (AvgIpc) is 2.88. The van der Waals surface area contributed by atoms with Gasteiger partial charge in [0, 0.05) is 13.1 Å². The second-order valence-electron chi connectivity index (χ2n) is 4.27. The van der Waals surface area contributed by atoms with Gasteiger partial charge in [-0.25, -0.2) is 4.98 Å². The zero-order valence-electron chi connectivity index (χ0n) is 10.0. The van der Waals surface area contributed by atoms with Gasteiger partial charge in [-0.15, -0.1) is 0 Å². The van der Waals surface area contributed by atoms with Crippen LogP contribution in [-0.4, -0.2) is 42.0 Å². The molecule has 0 saturated carbocycles. The lowest BCUT2D eigenvalue weighted by atomic mass is 10.3. The molecule has 17 heavy (non-hydrogen) atoms. The van der Waals surface area contributed by atoms with Gasteiger partial charge in [0.15, 0.2) is 5.13 Å². The molecule has 94 valence electrons. The van der Waals surface area contributed by atoms with Crippen molar-refractivity contribution in [1.82, 2.24) is 15.2 Å². The van der Waals surface area contributed by atoms with Gasteiger partial charge in [-0.05, 0) is 32.9 Å². The highest BCUT2D eigenvalue weighted by Gasteiger charge is 2.15. The Morgan fingerprint density at radius 2 is 2.24 bits per heavy atom. The summed E-state index contributed by atoms with van der Waals surface area (Å²) in [6, 6.07) is 0. The molecule has 0 aliphatic carbocycles. The van der Waals surface area contributed by atoms with Gasteiger partial charge in [0.05, 0.1) is 5.69 Å². The number of aryl methyl sites for hydroxylation is 1. The maximum absolute atomic E-state index is 11.8. The number of amides is 1. The number of carbonyl (C=O) groups is 1. The summed E-state index contributed by atoms with van der Waals surface area (Å²) in [6.45, 7) is 5.74. The Morgan fingerprint density at radius 1 is 1.53 bits per heavy atom. The van der Waals surface area contributed by atoms with E-state index in [1.54, 1.807) is 0 Å². The van der Waals surface area contributed by atoms with E-state index in [0.29, 0.717) is 22.2 Å². The summed E-state index contributed by atoms with van der Waals surface area (Å²) >= 11 is 1.25. The summed E-state index contributed by atoms with van der Waals surface area (Å²) in [5, 5.41) is 3.37. The Labute approximate surface area is 105 Å². The Balaban J connectivity index is 1.78. The fourth-order valence-corrected chi connectivity index (χ4v) is 2.79. The molecule has 2 heterocycles. The fraction of sp³-hybridized carbons (Fsp3) is 0.636. The molecular weight excluding hydrogens is 236 g/mol. The highest BCUT2D eigenvalue weighted by Crippen LogP contribution is 2.19. The SMILES string of the molecule is Cc1nc(N)sc1C(=O)NCCN1CCCC1. The molecule has 0 spiro atoms. The third kappa shape index (κ3) is 3.17. The number of nitrogens with two attached hydrogens (primary N) is 1. The Kier molecular flexibility index (Phi) is 3.96. The van der Waals surface area contributed by atoms with Crippen LogP contribution in [0.4, 0.5) is 5.13 Å². The minimum Gasteiger partial charge on any atom is -0.375 e. The Hall–Kier alpha value is -1.14. The highest BCUT2D eigenvalue weighted by molar-refractivity contribution is 7.17. The number of likely N-dealkylation sites (tertiary alicyclic amines) is 1. The third-order valence-corrected chi connectivity index (χ3v) is 3.92. The van der Waals surface area contributed by atoms with Crippen LogP contribution in [0.5, 0.6) is 0 Å². The maximum atomic E-state index is 11.8. The molecule has 1 aromatic heterocycles. The van der Waals surface area contributed by atoms with Crippen molar-refractivity contribution in [2.45, 2.75) is 19.8 Å². The minimum absolute atomic E-state index is 0.0594. The minimum atomic E-state index is -0.0594. The average molecular weight is 254 g/mol. The number of nitrogens with zero attached hydrogens (tertiary/aromatic N) is 2. The molecule has 2 rings (SSSR count). The van der Waals surface area contributed by atoms with E-state index < -0.39 is 0 Å². The molecule has 1 saturated heterocycles. The zero-order chi connectivity index (χ0) is 12.3. The second-order valence-corrected chi connectivity index (χ2v) is 5.30. The second kappa shape index (κ2) is 5.46. The van der Waals surface area contributed by atoms with Gasteiger partial charge in [-0.3, -0.25) is 4.79 Å². The van der Waals surface area contributed by atoms with Crippen LogP contribution in [0.25, 0.3) is 0 Å². The van der Waals surface area contributed by atoms with E-state index in [1.807, 2.05) is 6.92 Å². The van der Waals surface area contributed by atoms with Crippen LogP contribution in [0.2, 0.25) is 0 Å². The first-order valence-electron chi connectivity index (χ1n) is 5.90. The van der Waals surface area contributed by atoms with Crippen molar-refractivity contribution in [3.63, 3.8) is 0 Å². The number of anilines is 1. The van der Waals surface area contributed by atoms with E-state index in [-0.39, 0.29) is 5.91 Å². The molecule has 1 fully saturated rings. The molecule has 0 radical (unpaired) electrons. The van der Waals surface area contributed by atoms with E-state index in [0.717, 1.165) is 19.6 Å². The number of rotatable bonds is 4. The van der Waals surface area contributed by atoms with Gasteiger partial charge >= 0.3 is 0 Å². The lowest BCUT2D eigenvalue weighted by molar-refractivity contribution is 0.0953. The van der Waals surface area contributed by atoms with Crippen LogP contribution in [0.15, 0.2) is 0 Å². The van der Waals surface area contributed by atoms with Crippen molar-refractivity contribution in [2.75, 3.05) is 31.9 Å². The van der Waals surface area contributed by atoms with Crippen molar-refractivity contribution < 1.29 is 4.79 Å². The summed E-state index contributed by atoms with van der Waals surface area (Å²) in [6.07, 6.45) is 2.55. The topological polar surface area (TPSA) is 71.2 Å². The summed E-state index contributed by atoms with van der Waals surface area (Å²) in [4.78, 5) is 18.9. The largest absolute Gasteiger partial charge is 0.375 e. The molecule has 1 aliphatic rings. The van der Waals surface area contributed by atoms with Crippen LogP contribution < -0.4 is 11.1 Å². The number of thiazole rings is 1. The van der Waals surface area contributed by atoms with Crippen molar-refractivity contribution in [2.24, 2.45) is 0 Å². The summed E-state index contributed by atoms with van der Waals surface area (Å²) < 4.78 is 0. The van der Waals surface area contributed by atoms with Gasteiger partial charge in [-0.2, -0.15) is 0 Å². The van der Waals surface area contributed by atoms with E-state index >= 15 is 0 Å². The Bertz CT molecular complexity index is 398. The predicted molar refractivity (Wildman–Crippen MR) is 69.3 cm³/mol. The number of nitrogen functional groups attached to an aromatic ring is 1. The number of hydrogen-bond acceptors (Lipinski definition) is 5. The zero-order valence-corrected chi connectivity index (χ0v) is 10.8. The van der Waals surface area contributed by atoms with Gasteiger partial charge < -0.3 is 16.0 Å². The summed E-state index contributed by atoms with van der Waals surface area (Å²) in [7, 11) is 0. The summed E-state index contributed by atoms with van der Waals surface area (Å²) in [5.74, 6) is -0.0594. The van der Waals surface area contributed by atoms with Crippen molar-refractivity contribution in [1.29, 1.82) is 0 Å². The highest BCUT2D eigenvalue weighted by atomic mass is 32.1. The van der Waals surface area contributed by atoms with E-state index in [2.05, 4.69) is 15.2 Å². The predicted octanol–water partition coefficient (Wildman–Crippen LogP) is 0.859. The van der Waals surface area contributed by atoms with Gasteiger partial charge in [0.2, 0.25) is 0 Å². The Morgan fingerprint density at radius 3 is 2.82 bits per heavy atom. The smallest absolute Gasteiger partial charge is 0.263 e. The lowest BCUT2D eigenvalue weighted by Gasteiger charge is -2.14. The monoisotopic (exact) mass is 254 g/mol. The van der Waals surface area contributed by atoms with Crippen LogP contribution in [-0.2, 0) is 0 Å². The standard InChI is InChI=1S/C11H18N4OS/c1-8-9(17-11(12)14-8)10(16)13-4-7-15-5-2-3-6-15/h2-7H2,1H3,(H2,12,14)(H,13,16). The van der Waals surface area contributed by atoms with Crippen molar-refractivity contribution in [3.8, 4) is 0 Å². The number of carbonyl (C=O) groups excluding carboxylic acids is 1. The van der Waals surface area contributed by atoms with E-state index in [4.69, 9.17) is 5.73 Å². The number of nitrogens with one attached hydrogen (secondary N) is 1. The quantitative estimate of drug-likeness (QED) is 0.836. The molecular formula is C11H18N4OS. The number of hydrogen-bond donors (Lipinski definition) is 2. The number of aromatic nitrogens is 1. The molecule has 0 atom stereocenters. The van der Waals surface area contributed by atoms with Crippen LogP contribution in [0.3, 0.4) is 0 Å². The maximum Gasteiger partial charge on any atom is 0.263 e. The first-order chi connectivity index (χ1) is 8.16.